The van der Waals surface area contributed by atoms with Gasteiger partial charge in [-0.3, -0.25) is 0 Å². The second-order valence-electron chi connectivity index (χ2n) is 6.09. The molecule has 0 radical (unpaired) electrons. The molecule has 0 saturated heterocycles. The highest BCUT2D eigenvalue weighted by Crippen LogP contribution is 2.34. The molecule has 24 heavy (non-hydrogen) atoms. The van der Waals surface area contributed by atoms with Crippen molar-refractivity contribution >= 4 is 37.9 Å². The lowest BCUT2D eigenvalue weighted by atomic mass is 9.97. The van der Waals surface area contributed by atoms with Crippen LogP contribution in [0.25, 0.3) is 37.0 Å². The summed E-state index contributed by atoms with van der Waals surface area (Å²) < 4.78 is 11.9. The number of aromatic nitrogens is 1. The minimum atomic E-state index is 0.488. The molecule has 0 N–H and O–H groups in total. The first-order valence-electron chi connectivity index (χ1n) is 8.30. The van der Waals surface area contributed by atoms with Gasteiger partial charge in [-0.2, -0.15) is 4.57 Å². The zero-order valence-electron chi connectivity index (χ0n) is 14.8. The third-order valence-electron chi connectivity index (χ3n) is 4.60. The first-order valence-corrected chi connectivity index (χ1v) is 8.68. The SMILES string of the molecule is [2H]c1c(C)[n+](C)c(-c2cc3sccc3cc2C)c2ccc([N+]#[C-])cc12. The summed E-state index contributed by atoms with van der Waals surface area (Å²) in [5.41, 5.74) is 4.98. The molecule has 2 heterocycles. The summed E-state index contributed by atoms with van der Waals surface area (Å²) in [6.45, 7) is 11.4. The van der Waals surface area contributed by atoms with Crippen LogP contribution in [-0.4, -0.2) is 0 Å². The van der Waals surface area contributed by atoms with E-state index in [0.29, 0.717) is 11.7 Å². The van der Waals surface area contributed by atoms with E-state index >= 15 is 0 Å². The third kappa shape index (κ3) is 2.19. The normalized spacial score (nSPS) is 11.7. The van der Waals surface area contributed by atoms with Gasteiger partial charge in [-0.25, -0.2) is 4.85 Å². The van der Waals surface area contributed by atoms with Crippen LogP contribution in [0, 0.1) is 20.4 Å². The standard InChI is InChI=1S/C21H17N2S/c1-13-9-15-7-8-24-20(15)12-19(13)21-18-6-5-17(22-3)11-16(18)10-14(2)23(21)4/h5-12H,1-2,4H3/q+1/i10D. The Morgan fingerprint density at radius 2 is 1.96 bits per heavy atom. The van der Waals surface area contributed by atoms with Crippen molar-refractivity contribution in [1.29, 1.82) is 0 Å². The van der Waals surface area contributed by atoms with Gasteiger partial charge < -0.3 is 0 Å². The van der Waals surface area contributed by atoms with Gasteiger partial charge in [0.1, 0.15) is 7.05 Å². The first kappa shape index (κ1) is 13.7. The fourth-order valence-electron chi connectivity index (χ4n) is 3.24. The number of hydrogen-bond donors (Lipinski definition) is 0. The van der Waals surface area contributed by atoms with Crippen LogP contribution in [0.4, 0.5) is 5.69 Å². The molecule has 0 unspecified atom stereocenters. The maximum atomic E-state index is 8.50. The van der Waals surface area contributed by atoms with Crippen molar-refractivity contribution in [3.05, 3.63) is 70.5 Å². The topological polar surface area (TPSA) is 8.24 Å². The Bertz CT molecular complexity index is 1200. The highest BCUT2D eigenvalue weighted by atomic mass is 32.1. The smallest absolute Gasteiger partial charge is 0.220 e. The number of rotatable bonds is 1. The van der Waals surface area contributed by atoms with E-state index in [9.17, 15) is 0 Å². The quantitative estimate of drug-likeness (QED) is 0.312. The Hall–Kier alpha value is -2.70. The molecule has 0 amide bonds. The van der Waals surface area contributed by atoms with Crippen molar-refractivity contribution in [1.82, 2.24) is 0 Å². The Labute approximate surface area is 146 Å². The molecule has 116 valence electrons. The summed E-state index contributed by atoms with van der Waals surface area (Å²) >= 11 is 1.74. The Balaban J connectivity index is 2.16. The molecule has 2 nitrogen and oxygen atoms in total. The lowest BCUT2D eigenvalue weighted by Gasteiger charge is -2.10. The molecular formula is C21H17N2S+. The minimum absolute atomic E-state index is 0.488. The van der Waals surface area contributed by atoms with Crippen LogP contribution in [0.3, 0.4) is 0 Å². The van der Waals surface area contributed by atoms with Crippen LogP contribution in [-0.2, 0) is 7.05 Å². The van der Waals surface area contributed by atoms with Crippen molar-refractivity contribution in [3.63, 3.8) is 0 Å². The van der Waals surface area contributed by atoms with Crippen molar-refractivity contribution in [2.75, 3.05) is 0 Å². The van der Waals surface area contributed by atoms with Crippen molar-refractivity contribution < 1.29 is 5.94 Å². The van der Waals surface area contributed by atoms with Crippen LogP contribution in [0.5, 0.6) is 0 Å². The summed E-state index contributed by atoms with van der Waals surface area (Å²) in [5.74, 6) is 0. The van der Waals surface area contributed by atoms with Crippen LogP contribution in [0.15, 0.2) is 47.8 Å². The number of nitrogens with zero attached hydrogens (tertiary/aromatic N) is 2. The van der Waals surface area contributed by atoms with E-state index in [1.54, 1.807) is 11.3 Å². The van der Waals surface area contributed by atoms with Gasteiger partial charge in [0.05, 0.1) is 18.9 Å². The number of aryl methyl sites for hydroxylation is 1. The lowest BCUT2D eigenvalue weighted by molar-refractivity contribution is -0.665. The van der Waals surface area contributed by atoms with Gasteiger partial charge in [-0.15, -0.1) is 11.3 Å². The number of pyridine rings is 1. The maximum Gasteiger partial charge on any atom is 0.220 e. The molecular weight excluding hydrogens is 312 g/mol. The fourth-order valence-corrected chi connectivity index (χ4v) is 4.05. The zero-order valence-corrected chi connectivity index (χ0v) is 14.7. The van der Waals surface area contributed by atoms with Crippen molar-refractivity contribution in [2.45, 2.75) is 13.8 Å². The molecule has 2 aromatic heterocycles. The van der Waals surface area contributed by atoms with Gasteiger partial charge in [0.2, 0.25) is 5.69 Å². The van der Waals surface area contributed by atoms with E-state index in [-0.39, 0.29) is 0 Å². The fraction of sp³-hybridized carbons (Fsp3) is 0.143. The maximum absolute atomic E-state index is 8.50. The van der Waals surface area contributed by atoms with E-state index in [1.807, 2.05) is 32.2 Å². The number of fused-ring (bicyclic) bond motifs is 2. The van der Waals surface area contributed by atoms with Crippen LogP contribution < -0.4 is 4.57 Å². The summed E-state index contributed by atoms with van der Waals surface area (Å²) in [6, 6.07) is 12.8. The highest BCUT2D eigenvalue weighted by molar-refractivity contribution is 7.17. The number of thiophene rings is 1. The molecule has 0 bridgehead atoms. The minimum Gasteiger partial charge on any atom is -0.238 e. The molecule has 0 fully saturated rings. The first-order chi connectivity index (χ1) is 12.0. The van der Waals surface area contributed by atoms with Crippen LogP contribution in [0.2, 0.25) is 0 Å². The van der Waals surface area contributed by atoms with Crippen LogP contribution >= 0.6 is 11.3 Å². The van der Waals surface area contributed by atoms with E-state index in [1.165, 1.54) is 21.2 Å². The van der Waals surface area contributed by atoms with Gasteiger partial charge in [0.15, 0.2) is 11.4 Å². The summed E-state index contributed by atoms with van der Waals surface area (Å²) in [7, 11) is 2.02. The van der Waals surface area contributed by atoms with Gasteiger partial charge in [0.25, 0.3) is 0 Å². The zero-order chi connectivity index (χ0) is 17.7. The Kier molecular flexibility index (Phi) is 3.11. The second-order valence-corrected chi connectivity index (χ2v) is 7.03. The van der Waals surface area contributed by atoms with Gasteiger partial charge >= 0.3 is 0 Å². The van der Waals surface area contributed by atoms with Gasteiger partial charge in [-0.05, 0) is 52.9 Å². The number of hydrogen-bond acceptors (Lipinski definition) is 1. The molecule has 4 rings (SSSR count). The average molecular weight is 330 g/mol. The average Bonchev–Trinajstić information content (AvgIpc) is 3.07. The van der Waals surface area contributed by atoms with Crippen molar-refractivity contribution in [2.24, 2.45) is 7.05 Å². The summed E-state index contributed by atoms with van der Waals surface area (Å²) in [4.78, 5) is 3.53. The summed E-state index contributed by atoms with van der Waals surface area (Å²) in [6.07, 6.45) is 0. The molecule has 2 aromatic carbocycles. The molecule has 0 spiro atoms. The Morgan fingerprint density at radius 1 is 1.12 bits per heavy atom. The second kappa shape index (κ2) is 5.43. The largest absolute Gasteiger partial charge is 0.238 e. The van der Waals surface area contributed by atoms with Gasteiger partial charge in [0, 0.05) is 17.7 Å². The molecule has 0 aliphatic rings. The van der Waals surface area contributed by atoms with E-state index < -0.39 is 0 Å². The van der Waals surface area contributed by atoms with E-state index in [0.717, 1.165) is 22.2 Å². The predicted octanol–water partition coefficient (Wildman–Crippen LogP) is 5.71. The lowest BCUT2D eigenvalue weighted by Crippen LogP contribution is -2.35. The van der Waals surface area contributed by atoms with E-state index in [2.05, 4.69) is 39.9 Å². The Morgan fingerprint density at radius 3 is 2.75 bits per heavy atom. The molecule has 0 saturated carbocycles. The predicted molar refractivity (Wildman–Crippen MR) is 102 cm³/mol. The van der Waals surface area contributed by atoms with E-state index in [4.69, 9.17) is 7.94 Å². The molecule has 3 heteroatoms. The summed E-state index contributed by atoms with van der Waals surface area (Å²) in [5, 5.41) is 5.24. The highest BCUT2D eigenvalue weighted by Gasteiger charge is 2.20. The molecule has 4 aromatic rings. The molecule has 0 aliphatic carbocycles. The van der Waals surface area contributed by atoms with Crippen LogP contribution in [0.1, 0.15) is 12.6 Å². The molecule has 0 aliphatic heterocycles. The van der Waals surface area contributed by atoms with Gasteiger partial charge in [-0.1, -0.05) is 12.1 Å². The monoisotopic (exact) mass is 330 g/mol. The van der Waals surface area contributed by atoms with Crippen molar-refractivity contribution in [3.8, 4) is 11.3 Å². The molecule has 0 atom stereocenters. The third-order valence-corrected chi connectivity index (χ3v) is 5.48. The number of benzene rings is 2.